The fourth-order valence-corrected chi connectivity index (χ4v) is 1.24. The number of carbonyl (C=O) groups is 1. The largest absolute Gasteiger partial charge is 0.481 e. The first kappa shape index (κ1) is 12.5. The topological polar surface area (TPSA) is 38.7 Å². The number of aliphatic imine (C=N–C) groups is 1. The number of ether oxygens (including phenoxy) is 1. The molecule has 0 N–H and O–H groups in total. The fourth-order valence-electron chi connectivity index (χ4n) is 1.24. The summed E-state index contributed by atoms with van der Waals surface area (Å²) in [5, 5.41) is 0. The van der Waals surface area contributed by atoms with Gasteiger partial charge in [0.1, 0.15) is 5.71 Å². The third-order valence-corrected chi connectivity index (χ3v) is 1.94. The van der Waals surface area contributed by atoms with E-state index in [4.69, 9.17) is 4.74 Å². The second kappa shape index (κ2) is 4.51. The minimum atomic E-state index is -4.58. The zero-order valence-corrected chi connectivity index (χ0v) is 8.76. The highest BCUT2D eigenvalue weighted by Gasteiger charge is 2.38. The molecule has 0 amide bonds. The van der Waals surface area contributed by atoms with Crippen LogP contribution in [0, 0.1) is 0 Å². The summed E-state index contributed by atoms with van der Waals surface area (Å²) in [5.74, 6) is -0.728. The highest BCUT2D eigenvalue weighted by molar-refractivity contribution is 6.46. The monoisotopic (exact) mass is 233 g/mol. The molecule has 0 atom stereocenters. The Hall–Kier alpha value is -1.59. The highest BCUT2D eigenvalue weighted by Crippen LogP contribution is 2.29. The average molecular weight is 233 g/mol. The molecule has 0 unspecified atom stereocenters. The van der Waals surface area contributed by atoms with E-state index in [-0.39, 0.29) is 12.3 Å². The molecule has 0 fully saturated rings. The number of nitrogens with zero attached hydrogens (tertiary/aromatic N) is 1. The highest BCUT2D eigenvalue weighted by atomic mass is 19.4. The molecule has 0 radical (unpaired) electrons. The Labute approximate surface area is 90.3 Å². The van der Waals surface area contributed by atoms with Gasteiger partial charge in [0, 0.05) is 6.92 Å². The number of ketones is 1. The summed E-state index contributed by atoms with van der Waals surface area (Å²) >= 11 is 0. The van der Waals surface area contributed by atoms with Gasteiger partial charge in [-0.1, -0.05) is 6.08 Å². The van der Waals surface area contributed by atoms with E-state index in [0.717, 1.165) is 13.0 Å². The summed E-state index contributed by atoms with van der Waals surface area (Å²) in [4.78, 5) is 14.7. The molecule has 88 valence electrons. The molecule has 1 aliphatic heterocycles. The van der Waals surface area contributed by atoms with Crippen LogP contribution in [0.25, 0.3) is 0 Å². The molecule has 0 aromatic carbocycles. The number of carbonyl (C=O) groups excluding carboxylic acids is 1. The first-order valence-electron chi connectivity index (χ1n) is 4.47. The number of halogens is 3. The van der Waals surface area contributed by atoms with Crippen molar-refractivity contribution >= 4 is 11.5 Å². The molecule has 0 aromatic rings. The van der Waals surface area contributed by atoms with Gasteiger partial charge >= 0.3 is 6.18 Å². The van der Waals surface area contributed by atoms with Crippen LogP contribution in [-0.4, -0.2) is 24.8 Å². The summed E-state index contributed by atoms with van der Waals surface area (Å²) < 4.78 is 42.5. The zero-order chi connectivity index (χ0) is 12.3. The summed E-state index contributed by atoms with van der Waals surface area (Å²) in [6.07, 6.45) is -2.26. The molecule has 1 aliphatic rings. The summed E-state index contributed by atoms with van der Waals surface area (Å²) in [6, 6.07) is 0. The van der Waals surface area contributed by atoms with Crippen molar-refractivity contribution in [1.29, 1.82) is 0 Å². The Kier molecular flexibility index (Phi) is 3.51. The van der Waals surface area contributed by atoms with Crippen LogP contribution in [-0.2, 0) is 9.53 Å². The normalized spacial score (nSPS) is 16.9. The Morgan fingerprint density at radius 3 is 2.50 bits per heavy atom. The van der Waals surface area contributed by atoms with E-state index in [1.54, 1.807) is 0 Å². The van der Waals surface area contributed by atoms with Crippen molar-refractivity contribution in [2.24, 2.45) is 4.99 Å². The van der Waals surface area contributed by atoms with Gasteiger partial charge in [0.2, 0.25) is 5.88 Å². The van der Waals surface area contributed by atoms with Crippen LogP contribution >= 0.6 is 0 Å². The molecule has 0 spiro atoms. The van der Waals surface area contributed by atoms with Gasteiger partial charge in [0.25, 0.3) is 0 Å². The molecule has 0 aliphatic carbocycles. The van der Waals surface area contributed by atoms with Gasteiger partial charge in [-0.25, -0.2) is 4.99 Å². The van der Waals surface area contributed by atoms with E-state index in [2.05, 4.69) is 4.99 Å². The van der Waals surface area contributed by atoms with Crippen LogP contribution in [0.4, 0.5) is 13.2 Å². The Morgan fingerprint density at radius 1 is 1.44 bits per heavy atom. The average Bonchev–Trinajstić information content (AvgIpc) is 2.38. The molecule has 0 saturated heterocycles. The molecule has 1 rings (SSSR count). The Morgan fingerprint density at radius 2 is 2.06 bits per heavy atom. The Bertz CT molecular complexity index is 391. The number of hydrogen-bond acceptors (Lipinski definition) is 3. The standard InChI is InChI=1S/C10H10F3NO2/c1-6(15)9-7(10(11,12)13)4-3-5-8(14-9)16-2/h4-5H,3H2,1-2H3. The fraction of sp³-hybridized carbons (Fsp3) is 0.400. The predicted molar refractivity (Wildman–Crippen MR) is 52.0 cm³/mol. The first-order chi connectivity index (χ1) is 7.36. The van der Waals surface area contributed by atoms with E-state index in [1.807, 2.05) is 0 Å². The second-order valence-electron chi connectivity index (χ2n) is 3.11. The number of methoxy groups -OCH3 is 1. The van der Waals surface area contributed by atoms with Crippen molar-refractivity contribution in [3.63, 3.8) is 0 Å². The van der Waals surface area contributed by atoms with Gasteiger partial charge in [-0.05, 0) is 12.5 Å². The lowest BCUT2D eigenvalue weighted by Crippen LogP contribution is -2.25. The molecular weight excluding hydrogens is 223 g/mol. The van der Waals surface area contributed by atoms with Crippen LogP contribution < -0.4 is 0 Å². The lowest BCUT2D eigenvalue weighted by atomic mass is 10.1. The minimum absolute atomic E-state index is 0.0145. The summed E-state index contributed by atoms with van der Waals surface area (Å²) in [6.45, 7) is 1.04. The molecular formula is C10H10F3NO2. The first-order valence-corrected chi connectivity index (χ1v) is 4.47. The van der Waals surface area contributed by atoms with Crippen LogP contribution in [0.5, 0.6) is 0 Å². The van der Waals surface area contributed by atoms with Crippen LogP contribution in [0.15, 0.2) is 28.6 Å². The quantitative estimate of drug-likeness (QED) is 0.734. The van der Waals surface area contributed by atoms with Gasteiger partial charge in [-0.15, -0.1) is 0 Å². The lowest BCUT2D eigenvalue weighted by molar-refractivity contribution is -0.112. The van der Waals surface area contributed by atoms with E-state index in [0.29, 0.717) is 0 Å². The van der Waals surface area contributed by atoms with E-state index >= 15 is 0 Å². The maximum atomic E-state index is 12.6. The molecule has 3 nitrogen and oxygen atoms in total. The minimum Gasteiger partial charge on any atom is -0.481 e. The lowest BCUT2D eigenvalue weighted by Gasteiger charge is -2.11. The smallest absolute Gasteiger partial charge is 0.418 e. The molecule has 6 heteroatoms. The molecule has 1 heterocycles. The molecule has 0 saturated carbocycles. The van der Waals surface area contributed by atoms with Gasteiger partial charge < -0.3 is 4.74 Å². The third-order valence-electron chi connectivity index (χ3n) is 1.94. The molecule has 0 bridgehead atoms. The van der Waals surface area contributed by atoms with Crippen LogP contribution in [0.2, 0.25) is 0 Å². The van der Waals surface area contributed by atoms with Gasteiger partial charge in [-0.2, -0.15) is 13.2 Å². The summed E-state index contributed by atoms with van der Waals surface area (Å²) in [5.41, 5.74) is -1.62. The Balaban J connectivity index is 3.22. The maximum absolute atomic E-state index is 12.6. The van der Waals surface area contributed by atoms with E-state index in [9.17, 15) is 18.0 Å². The van der Waals surface area contributed by atoms with Gasteiger partial charge in [-0.3, -0.25) is 4.79 Å². The SMILES string of the molecule is COC1=CCC=C(C(F)(F)F)C(C(C)=O)=N1. The van der Waals surface area contributed by atoms with Crippen LogP contribution in [0.3, 0.4) is 0 Å². The van der Waals surface area contributed by atoms with Crippen molar-refractivity contribution in [3.8, 4) is 0 Å². The molecule has 16 heavy (non-hydrogen) atoms. The number of alkyl halides is 3. The second-order valence-corrected chi connectivity index (χ2v) is 3.11. The molecule has 0 aromatic heterocycles. The predicted octanol–water partition coefficient (Wildman–Crippen LogP) is 2.40. The maximum Gasteiger partial charge on any atom is 0.418 e. The van der Waals surface area contributed by atoms with Crippen molar-refractivity contribution in [2.75, 3.05) is 7.11 Å². The van der Waals surface area contributed by atoms with Gasteiger partial charge in [0.05, 0.1) is 12.7 Å². The van der Waals surface area contributed by atoms with E-state index < -0.39 is 23.2 Å². The van der Waals surface area contributed by atoms with E-state index in [1.165, 1.54) is 13.2 Å². The summed E-state index contributed by atoms with van der Waals surface area (Å²) in [7, 11) is 1.28. The van der Waals surface area contributed by atoms with Crippen molar-refractivity contribution in [2.45, 2.75) is 19.5 Å². The zero-order valence-electron chi connectivity index (χ0n) is 8.76. The number of rotatable bonds is 2. The van der Waals surface area contributed by atoms with Gasteiger partial charge in [0.15, 0.2) is 5.78 Å². The number of Topliss-reactive ketones (excluding diaryl/α,β-unsaturated/α-hetero) is 1. The number of allylic oxidation sites excluding steroid dienone is 3. The third kappa shape index (κ3) is 2.71. The van der Waals surface area contributed by atoms with Crippen molar-refractivity contribution < 1.29 is 22.7 Å². The van der Waals surface area contributed by atoms with Crippen LogP contribution in [0.1, 0.15) is 13.3 Å². The van der Waals surface area contributed by atoms with Crippen molar-refractivity contribution in [3.05, 3.63) is 23.6 Å². The van der Waals surface area contributed by atoms with Crippen molar-refractivity contribution in [1.82, 2.24) is 0 Å². The number of hydrogen-bond donors (Lipinski definition) is 0.